The van der Waals surface area contributed by atoms with Crippen molar-refractivity contribution in [2.45, 2.75) is 19.1 Å². The molecule has 1 amide bonds. The second kappa shape index (κ2) is 8.65. The van der Waals surface area contributed by atoms with Crippen molar-refractivity contribution >= 4 is 29.0 Å². The summed E-state index contributed by atoms with van der Waals surface area (Å²) in [5, 5.41) is 17.3. The summed E-state index contributed by atoms with van der Waals surface area (Å²) in [5.74, 6) is -0.601. The van der Waals surface area contributed by atoms with Crippen molar-refractivity contribution in [3.63, 3.8) is 0 Å². The van der Waals surface area contributed by atoms with E-state index in [4.69, 9.17) is 11.6 Å². The van der Waals surface area contributed by atoms with E-state index in [1.807, 2.05) is 0 Å². The van der Waals surface area contributed by atoms with Crippen molar-refractivity contribution in [1.82, 2.24) is 24.6 Å². The third kappa shape index (κ3) is 4.72. The summed E-state index contributed by atoms with van der Waals surface area (Å²) in [6, 6.07) is 6.92. The molecule has 172 valence electrons. The molecule has 0 aliphatic carbocycles. The standard InChI is InChI=1S/C19H15ClF3N7O3/c20-18-25-10-14(30(32)33)16(26-18)24-9-11-2-4-12(5-3-11)29-13(17(31)28-6-1-7-28)8-15(27-29)19(21,22)23/h2-5,8,10H,1,6-7,9H2,(H,24,25,26). The van der Waals surface area contributed by atoms with Crippen LogP contribution in [0.2, 0.25) is 5.28 Å². The number of anilines is 1. The van der Waals surface area contributed by atoms with Gasteiger partial charge >= 0.3 is 11.9 Å². The first-order valence-corrected chi connectivity index (χ1v) is 9.98. The maximum absolute atomic E-state index is 13.2. The van der Waals surface area contributed by atoms with Crippen LogP contribution in [0.1, 0.15) is 28.2 Å². The maximum Gasteiger partial charge on any atom is 0.435 e. The van der Waals surface area contributed by atoms with Crippen molar-refractivity contribution in [2.75, 3.05) is 18.4 Å². The molecule has 4 rings (SSSR count). The van der Waals surface area contributed by atoms with Gasteiger partial charge < -0.3 is 10.2 Å². The second-order valence-electron chi connectivity index (χ2n) is 7.12. The Balaban J connectivity index is 1.57. The Morgan fingerprint density at radius 3 is 2.52 bits per heavy atom. The minimum absolute atomic E-state index is 0.0756. The largest absolute Gasteiger partial charge is 0.435 e. The molecule has 1 fully saturated rings. The zero-order valence-electron chi connectivity index (χ0n) is 16.7. The molecule has 0 bridgehead atoms. The molecular formula is C19H15ClF3N7O3. The van der Waals surface area contributed by atoms with Crippen molar-refractivity contribution in [2.24, 2.45) is 0 Å². The van der Waals surface area contributed by atoms with Gasteiger partial charge in [0.1, 0.15) is 11.9 Å². The van der Waals surface area contributed by atoms with Crippen LogP contribution < -0.4 is 5.32 Å². The predicted octanol–water partition coefficient (Wildman–Crippen LogP) is 3.70. The van der Waals surface area contributed by atoms with Crippen LogP contribution in [0.5, 0.6) is 0 Å². The molecule has 3 aromatic rings. The Labute approximate surface area is 189 Å². The van der Waals surface area contributed by atoms with Crippen molar-refractivity contribution in [3.8, 4) is 5.69 Å². The molecule has 1 saturated heterocycles. The highest BCUT2D eigenvalue weighted by molar-refractivity contribution is 6.28. The van der Waals surface area contributed by atoms with E-state index < -0.39 is 22.7 Å². The number of hydrogen-bond acceptors (Lipinski definition) is 7. The minimum Gasteiger partial charge on any atom is -0.360 e. The summed E-state index contributed by atoms with van der Waals surface area (Å²) in [5.41, 5.74) is -0.804. The molecule has 0 unspecified atom stereocenters. The molecule has 2 aromatic heterocycles. The van der Waals surface area contributed by atoms with E-state index in [0.29, 0.717) is 18.7 Å². The molecule has 33 heavy (non-hydrogen) atoms. The lowest BCUT2D eigenvalue weighted by Crippen LogP contribution is -2.42. The van der Waals surface area contributed by atoms with Crippen molar-refractivity contribution in [1.29, 1.82) is 0 Å². The molecule has 10 nitrogen and oxygen atoms in total. The minimum atomic E-state index is -4.70. The molecule has 3 heterocycles. The third-order valence-electron chi connectivity index (χ3n) is 4.94. The van der Waals surface area contributed by atoms with Gasteiger partial charge in [-0.1, -0.05) is 12.1 Å². The maximum atomic E-state index is 13.2. The Morgan fingerprint density at radius 2 is 1.94 bits per heavy atom. The van der Waals surface area contributed by atoms with Crippen LogP contribution in [0.15, 0.2) is 36.5 Å². The first kappa shape index (κ1) is 22.5. The lowest BCUT2D eigenvalue weighted by molar-refractivity contribution is -0.384. The van der Waals surface area contributed by atoms with Crippen LogP contribution in [0.3, 0.4) is 0 Å². The van der Waals surface area contributed by atoms with E-state index in [2.05, 4.69) is 20.4 Å². The zero-order chi connectivity index (χ0) is 23.8. The summed E-state index contributed by atoms with van der Waals surface area (Å²) >= 11 is 5.70. The highest BCUT2D eigenvalue weighted by Crippen LogP contribution is 2.30. The number of hydrogen-bond donors (Lipinski definition) is 1. The lowest BCUT2D eigenvalue weighted by atomic mass is 10.2. The number of alkyl halides is 3. The number of halogens is 4. The van der Waals surface area contributed by atoms with Crippen LogP contribution in [0.4, 0.5) is 24.7 Å². The average Bonchev–Trinajstić information content (AvgIpc) is 3.17. The Bertz CT molecular complexity index is 1210. The molecule has 1 aliphatic heterocycles. The van der Waals surface area contributed by atoms with Crippen LogP contribution >= 0.6 is 11.6 Å². The van der Waals surface area contributed by atoms with E-state index >= 15 is 0 Å². The summed E-state index contributed by atoms with van der Waals surface area (Å²) < 4.78 is 40.6. The smallest absolute Gasteiger partial charge is 0.360 e. The number of carbonyl (C=O) groups excluding carboxylic acids is 1. The van der Waals surface area contributed by atoms with E-state index in [0.717, 1.165) is 23.4 Å². The molecule has 0 saturated carbocycles. The van der Waals surface area contributed by atoms with Gasteiger partial charge in [0.15, 0.2) is 5.69 Å². The molecule has 0 spiro atoms. The van der Waals surface area contributed by atoms with Gasteiger partial charge in [0.2, 0.25) is 11.1 Å². The van der Waals surface area contributed by atoms with E-state index in [1.165, 1.54) is 17.0 Å². The number of carbonyl (C=O) groups is 1. The number of benzene rings is 1. The summed E-state index contributed by atoms with van der Waals surface area (Å²) in [4.78, 5) is 31.9. The number of likely N-dealkylation sites (tertiary alicyclic amines) is 1. The topological polar surface area (TPSA) is 119 Å². The molecule has 1 aromatic carbocycles. The van der Waals surface area contributed by atoms with Gasteiger partial charge in [-0.2, -0.15) is 23.3 Å². The fourth-order valence-electron chi connectivity index (χ4n) is 3.11. The van der Waals surface area contributed by atoms with Crippen LogP contribution in [0.25, 0.3) is 5.69 Å². The van der Waals surface area contributed by atoms with Gasteiger partial charge in [-0.05, 0) is 35.7 Å². The van der Waals surface area contributed by atoms with Crippen molar-refractivity contribution < 1.29 is 22.9 Å². The SMILES string of the molecule is O=C(c1cc(C(F)(F)F)nn1-c1ccc(CNc2nc(Cl)ncc2[N+](=O)[O-])cc1)N1CCC1. The van der Waals surface area contributed by atoms with E-state index in [1.54, 1.807) is 12.1 Å². The lowest BCUT2D eigenvalue weighted by Gasteiger charge is -2.30. The number of nitrogens with one attached hydrogen (secondary N) is 1. The number of nitrogens with zero attached hydrogens (tertiary/aromatic N) is 6. The first-order valence-electron chi connectivity index (χ1n) is 9.60. The number of amides is 1. The Kier molecular flexibility index (Phi) is 5.89. The summed E-state index contributed by atoms with van der Waals surface area (Å²) in [6.45, 7) is 1.07. The molecule has 14 heteroatoms. The van der Waals surface area contributed by atoms with Gasteiger partial charge in [0.05, 0.1) is 10.6 Å². The number of nitro groups is 1. The highest BCUT2D eigenvalue weighted by atomic mass is 35.5. The summed E-state index contributed by atoms with van der Waals surface area (Å²) in [6.07, 6.45) is -2.93. The summed E-state index contributed by atoms with van der Waals surface area (Å²) in [7, 11) is 0. The molecule has 1 N–H and O–H groups in total. The Morgan fingerprint density at radius 1 is 1.24 bits per heavy atom. The Hall–Kier alpha value is -3.74. The zero-order valence-corrected chi connectivity index (χ0v) is 17.5. The monoisotopic (exact) mass is 481 g/mol. The van der Waals surface area contributed by atoms with Gasteiger partial charge in [-0.25, -0.2) is 9.67 Å². The molecule has 0 atom stereocenters. The fourth-order valence-corrected chi connectivity index (χ4v) is 3.24. The van der Waals surface area contributed by atoms with E-state index in [9.17, 15) is 28.1 Å². The van der Waals surface area contributed by atoms with Gasteiger partial charge in [-0.15, -0.1) is 0 Å². The number of aromatic nitrogens is 4. The van der Waals surface area contributed by atoms with Gasteiger partial charge in [-0.3, -0.25) is 14.9 Å². The van der Waals surface area contributed by atoms with Crippen molar-refractivity contribution in [3.05, 3.63) is 68.9 Å². The first-order chi connectivity index (χ1) is 15.6. The average molecular weight is 482 g/mol. The highest BCUT2D eigenvalue weighted by Gasteiger charge is 2.37. The van der Waals surface area contributed by atoms with Crippen LogP contribution in [-0.4, -0.2) is 48.6 Å². The van der Waals surface area contributed by atoms with Crippen LogP contribution in [0, 0.1) is 10.1 Å². The van der Waals surface area contributed by atoms with E-state index in [-0.39, 0.29) is 34.7 Å². The van der Waals surface area contributed by atoms with Gasteiger partial charge in [0.25, 0.3) is 5.91 Å². The fraction of sp³-hybridized carbons (Fsp3) is 0.263. The molecule has 1 aliphatic rings. The molecule has 0 radical (unpaired) electrons. The molecular weight excluding hydrogens is 467 g/mol. The normalized spacial score (nSPS) is 13.5. The quantitative estimate of drug-likeness (QED) is 0.324. The van der Waals surface area contributed by atoms with Crippen LogP contribution in [-0.2, 0) is 12.7 Å². The third-order valence-corrected chi connectivity index (χ3v) is 5.12. The number of rotatable bonds is 6. The second-order valence-corrected chi connectivity index (χ2v) is 7.46. The van der Waals surface area contributed by atoms with Gasteiger partial charge in [0, 0.05) is 25.7 Å². The predicted molar refractivity (Wildman–Crippen MR) is 110 cm³/mol.